The largest absolute Gasteiger partial charge is 0.379 e. The van der Waals surface area contributed by atoms with Gasteiger partial charge in [0.05, 0.1) is 22.6 Å². The fraction of sp³-hybridized carbons (Fsp3) is 0.250. The van der Waals surface area contributed by atoms with Gasteiger partial charge in [0.25, 0.3) is 0 Å². The van der Waals surface area contributed by atoms with E-state index in [0.717, 1.165) is 11.4 Å². The van der Waals surface area contributed by atoms with Crippen molar-refractivity contribution in [1.82, 2.24) is 9.71 Å². The highest BCUT2D eigenvalue weighted by atomic mass is 32.2. The highest BCUT2D eigenvalue weighted by Gasteiger charge is 2.14. The lowest BCUT2D eigenvalue weighted by Crippen LogP contribution is -2.19. The number of anilines is 1. The summed E-state index contributed by atoms with van der Waals surface area (Å²) in [5, 5.41) is 5.11. The summed E-state index contributed by atoms with van der Waals surface area (Å²) in [5.41, 5.74) is 4.17. The summed E-state index contributed by atoms with van der Waals surface area (Å²) < 4.78 is 26.0. The van der Waals surface area contributed by atoms with Gasteiger partial charge < -0.3 is 5.32 Å². The lowest BCUT2D eigenvalue weighted by Gasteiger charge is -2.10. The number of benzene rings is 1. The average Bonchev–Trinajstić information content (AvgIpc) is 2.91. The van der Waals surface area contributed by atoms with Crippen LogP contribution in [-0.4, -0.2) is 20.4 Å². The van der Waals surface area contributed by atoms with Crippen molar-refractivity contribution < 1.29 is 8.42 Å². The van der Waals surface area contributed by atoms with E-state index in [9.17, 15) is 8.42 Å². The smallest absolute Gasteiger partial charge is 0.240 e. The van der Waals surface area contributed by atoms with E-state index >= 15 is 0 Å². The highest BCUT2D eigenvalue weighted by Crippen LogP contribution is 2.20. The van der Waals surface area contributed by atoms with Crippen molar-refractivity contribution in [2.24, 2.45) is 0 Å². The summed E-state index contributed by atoms with van der Waals surface area (Å²) in [4.78, 5) is 4.45. The molecular weight excluding hydrogens is 282 g/mol. The molecule has 0 fully saturated rings. The molecular formula is C12H15N3O2S2. The van der Waals surface area contributed by atoms with Gasteiger partial charge >= 0.3 is 0 Å². The zero-order chi connectivity index (χ0) is 13.9. The maximum absolute atomic E-state index is 11.9. The molecule has 0 radical (unpaired) electrons. The number of aryl methyl sites for hydroxylation is 1. The third-order valence-electron chi connectivity index (χ3n) is 2.70. The second-order valence-corrected chi connectivity index (χ2v) is 6.59. The molecule has 0 saturated carbocycles. The third kappa shape index (κ3) is 3.31. The second-order valence-electron chi connectivity index (χ2n) is 4.02. The summed E-state index contributed by atoms with van der Waals surface area (Å²) in [6.45, 7) is 2.35. The maximum Gasteiger partial charge on any atom is 0.240 e. The Hall–Kier alpha value is -1.44. The quantitative estimate of drug-likeness (QED) is 0.885. The van der Waals surface area contributed by atoms with Gasteiger partial charge in [0.15, 0.2) is 0 Å². The minimum atomic E-state index is -3.43. The van der Waals surface area contributed by atoms with Gasteiger partial charge in [0.2, 0.25) is 10.0 Å². The molecule has 0 amide bonds. The van der Waals surface area contributed by atoms with Gasteiger partial charge in [-0.1, -0.05) is 6.07 Å². The van der Waals surface area contributed by atoms with Gasteiger partial charge in [0, 0.05) is 11.1 Å². The van der Waals surface area contributed by atoms with E-state index in [1.807, 2.05) is 11.4 Å². The van der Waals surface area contributed by atoms with Crippen LogP contribution in [0.3, 0.4) is 0 Å². The first-order valence-electron chi connectivity index (χ1n) is 5.68. The van der Waals surface area contributed by atoms with E-state index in [-0.39, 0.29) is 0 Å². The summed E-state index contributed by atoms with van der Waals surface area (Å²) >= 11 is 1.53. The first kappa shape index (κ1) is 14.0. The van der Waals surface area contributed by atoms with Crippen molar-refractivity contribution in [2.75, 3.05) is 12.4 Å². The van der Waals surface area contributed by atoms with Gasteiger partial charge in [-0.15, -0.1) is 11.3 Å². The molecule has 1 aromatic carbocycles. The lowest BCUT2D eigenvalue weighted by atomic mass is 10.2. The zero-order valence-electron chi connectivity index (χ0n) is 10.7. The number of thiazole rings is 1. The van der Waals surface area contributed by atoms with E-state index in [0.29, 0.717) is 17.0 Å². The molecule has 0 bridgehead atoms. The third-order valence-corrected chi connectivity index (χ3v) is 4.90. The average molecular weight is 297 g/mol. The van der Waals surface area contributed by atoms with Crippen LogP contribution in [0.5, 0.6) is 0 Å². The van der Waals surface area contributed by atoms with Crippen molar-refractivity contribution in [2.45, 2.75) is 18.4 Å². The molecule has 0 unspecified atom stereocenters. The van der Waals surface area contributed by atoms with Crippen LogP contribution in [0, 0.1) is 6.92 Å². The fourth-order valence-corrected chi connectivity index (χ4v) is 3.18. The SMILES string of the molecule is CNS(=O)(=O)c1cc(NCc2cscn2)ccc1C. The van der Waals surface area contributed by atoms with Gasteiger partial charge in [0.1, 0.15) is 0 Å². The fourth-order valence-electron chi connectivity index (χ4n) is 1.63. The molecule has 19 heavy (non-hydrogen) atoms. The number of hydrogen-bond donors (Lipinski definition) is 2. The predicted octanol–water partition coefficient (Wildman–Crippen LogP) is 1.97. The monoisotopic (exact) mass is 297 g/mol. The van der Waals surface area contributed by atoms with Crippen LogP contribution >= 0.6 is 11.3 Å². The second kappa shape index (κ2) is 5.68. The number of rotatable bonds is 5. The molecule has 2 rings (SSSR count). The van der Waals surface area contributed by atoms with Crippen molar-refractivity contribution in [3.63, 3.8) is 0 Å². The number of hydrogen-bond acceptors (Lipinski definition) is 5. The molecule has 5 nitrogen and oxygen atoms in total. The predicted molar refractivity (Wildman–Crippen MR) is 76.9 cm³/mol. The Labute approximate surface area is 116 Å². The lowest BCUT2D eigenvalue weighted by molar-refractivity contribution is 0.587. The summed E-state index contributed by atoms with van der Waals surface area (Å²) in [6.07, 6.45) is 0. The van der Waals surface area contributed by atoms with Gasteiger partial charge in [-0.3, -0.25) is 0 Å². The molecule has 2 N–H and O–H groups in total. The molecule has 0 aliphatic heterocycles. The van der Waals surface area contributed by atoms with E-state index in [1.165, 1.54) is 18.4 Å². The Bertz CT molecular complexity index is 652. The molecule has 1 aromatic heterocycles. The number of nitrogens with zero attached hydrogens (tertiary/aromatic N) is 1. The van der Waals surface area contributed by atoms with Crippen molar-refractivity contribution in [1.29, 1.82) is 0 Å². The molecule has 0 spiro atoms. The minimum absolute atomic E-state index is 0.290. The highest BCUT2D eigenvalue weighted by molar-refractivity contribution is 7.89. The minimum Gasteiger partial charge on any atom is -0.379 e. The molecule has 7 heteroatoms. The molecule has 0 saturated heterocycles. The zero-order valence-corrected chi connectivity index (χ0v) is 12.3. The normalized spacial score (nSPS) is 11.5. The van der Waals surface area contributed by atoms with Gasteiger partial charge in [-0.05, 0) is 31.7 Å². The van der Waals surface area contributed by atoms with Crippen LogP contribution in [-0.2, 0) is 16.6 Å². The Morgan fingerprint density at radius 2 is 2.16 bits per heavy atom. The van der Waals surface area contributed by atoms with E-state index < -0.39 is 10.0 Å². The van der Waals surface area contributed by atoms with Crippen LogP contribution in [0.2, 0.25) is 0 Å². The summed E-state index contributed by atoms with van der Waals surface area (Å²) in [7, 11) is -2.02. The van der Waals surface area contributed by atoms with Crippen molar-refractivity contribution in [3.8, 4) is 0 Å². The van der Waals surface area contributed by atoms with E-state index in [1.54, 1.807) is 24.6 Å². The molecule has 102 valence electrons. The Kier molecular flexibility index (Phi) is 4.18. The standard InChI is InChI=1S/C12H15N3O2S2/c1-9-3-4-10(5-12(9)19(16,17)13-2)14-6-11-7-18-8-15-11/h3-5,7-8,13-14H,6H2,1-2H3. The number of nitrogens with one attached hydrogen (secondary N) is 2. The van der Waals surface area contributed by atoms with Crippen LogP contribution in [0.4, 0.5) is 5.69 Å². The topological polar surface area (TPSA) is 71.1 Å². The van der Waals surface area contributed by atoms with Crippen molar-refractivity contribution in [3.05, 3.63) is 40.3 Å². The summed E-state index contributed by atoms with van der Waals surface area (Å²) in [6, 6.07) is 5.28. The molecule has 0 atom stereocenters. The molecule has 0 aliphatic carbocycles. The summed E-state index contributed by atoms with van der Waals surface area (Å²) in [5.74, 6) is 0. The molecule has 1 heterocycles. The Balaban J connectivity index is 2.21. The van der Waals surface area contributed by atoms with Gasteiger partial charge in [-0.2, -0.15) is 0 Å². The first-order valence-corrected chi connectivity index (χ1v) is 8.10. The maximum atomic E-state index is 11.9. The Morgan fingerprint density at radius 1 is 1.37 bits per heavy atom. The molecule has 2 aromatic rings. The van der Waals surface area contributed by atoms with E-state index in [2.05, 4.69) is 15.0 Å². The van der Waals surface area contributed by atoms with Gasteiger partial charge in [-0.25, -0.2) is 18.1 Å². The number of sulfonamides is 1. The molecule has 0 aliphatic rings. The number of aromatic nitrogens is 1. The first-order chi connectivity index (χ1) is 9.03. The van der Waals surface area contributed by atoms with E-state index in [4.69, 9.17) is 0 Å². The van der Waals surface area contributed by atoms with Crippen molar-refractivity contribution >= 4 is 27.0 Å². The van der Waals surface area contributed by atoms with Crippen LogP contribution in [0.25, 0.3) is 0 Å². The van der Waals surface area contributed by atoms with Crippen LogP contribution < -0.4 is 10.0 Å². The van der Waals surface area contributed by atoms with Crippen LogP contribution in [0.1, 0.15) is 11.3 Å². The Morgan fingerprint density at radius 3 is 2.79 bits per heavy atom. The van der Waals surface area contributed by atoms with Crippen LogP contribution in [0.15, 0.2) is 34.0 Å².